The van der Waals surface area contributed by atoms with E-state index >= 15 is 0 Å². The zero-order valence-corrected chi connectivity index (χ0v) is 17.4. The van der Waals surface area contributed by atoms with Crippen molar-refractivity contribution in [2.45, 2.75) is 64.0 Å². The van der Waals surface area contributed by atoms with Crippen molar-refractivity contribution in [1.82, 2.24) is 14.9 Å². The van der Waals surface area contributed by atoms with E-state index in [1.54, 1.807) is 0 Å². The maximum Gasteiger partial charge on any atom is 0.225 e. The van der Waals surface area contributed by atoms with E-state index in [1.807, 2.05) is 0 Å². The minimum atomic E-state index is 0.440. The molecule has 3 aliphatic rings. The Labute approximate surface area is 174 Å². The van der Waals surface area contributed by atoms with Gasteiger partial charge in [0.2, 0.25) is 5.95 Å². The van der Waals surface area contributed by atoms with Gasteiger partial charge >= 0.3 is 0 Å². The summed E-state index contributed by atoms with van der Waals surface area (Å²) in [6.45, 7) is 5.53. The van der Waals surface area contributed by atoms with Gasteiger partial charge in [0, 0.05) is 44.3 Å². The Morgan fingerprint density at radius 2 is 1.72 bits per heavy atom. The number of hydrogen-bond acceptors (Lipinski definition) is 5. The molecule has 1 aromatic carbocycles. The molecule has 1 aliphatic carbocycles. The molecule has 2 fully saturated rings. The van der Waals surface area contributed by atoms with E-state index in [1.165, 1.54) is 54.7 Å². The second kappa shape index (κ2) is 8.70. The van der Waals surface area contributed by atoms with Gasteiger partial charge in [-0.2, -0.15) is 4.98 Å². The van der Waals surface area contributed by atoms with Crippen LogP contribution in [0.5, 0.6) is 0 Å². The third kappa shape index (κ3) is 4.40. The molecular weight excluding hydrogens is 358 g/mol. The second-order valence-electron chi connectivity index (χ2n) is 8.90. The molecule has 2 aromatic rings. The van der Waals surface area contributed by atoms with Crippen LogP contribution < -0.4 is 10.2 Å². The summed E-state index contributed by atoms with van der Waals surface area (Å²) in [4.78, 5) is 15.1. The zero-order valence-electron chi connectivity index (χ0n) is 17.4. The fourth-order valence-electron chi connectivity index (χ4n) is 5.14. The summed E-state index contributed by atoms with van der Waals surface area (Å²) in [5.74, 6) is 2.09. The van der Waals surface area contributed by atoms with Gasteiger partial charge in [0.05, 0.1) is 5.69 Å². The van der Waals surface area contributed by atoms with Crippen molar-refractivity contribution in [3.05, 3.63) is 47.2 Å². The zero-order chi connectivity index (χ0) is 19.5. The van der Waals surface area contributed by atoms with Gasteiger partial charge in [0.15, 0.2) is 0 Å². The van der Waals surface area contributed by atoms with E-state index < -0.39 is 0 Å². The molecule has 29 heavy (non-hydrogen) atoms. The van der Waals surface area contributed by atoms with Crippen molar-refractivity contribution in [3.8, 4) is 0 Å². The molecule has 2 saturated heterocycles. The number of fused-ring (bicyclic) bond motifs is 1. The molecule has 5 heteroatoms. The lowest BCUT2D eigenvalue weighted by Gasteiger charge is -2.25. The minimum absolute atomic E-state index is 0.440. The number of benzene rings is 1. The Morgan fingerprint density at radius 1 is 0.897 bits per heavy atom. The van der Waals surface area contributed by atoms with Gasteiger partial charge in [-0.05, 0) is 44.1 Å². The smallest absolute Gasteiger partial charge is 0.225 e. The fourth-order valence-corrected chi connectivity index (χ4v) is 5.14. The van der Waals surface area contributed by atoms with Gasteiger partial charge in [0.25, 0.3) is 0 Å². The molecule has 0 saturated carbocycles. The average molecular weight is 392 g/mol. The molecule has 154 valence electrons. The average Bonchev–Trinajstić information content (AvgIpc) is 3.30. The summed E-state index contributed by atoms with van der Waals surface area (Å²) in [5, 5.41) is 3.69. The minimum Gasteiger partial charge on any atom is -0.356 e. The first-order valence-corrected chi connectivity index (χ1v) is 11.5. The van der Waals surface area contributed by atoms with Crippen molar-refractivity contribution in [3.63, 3.8) is 0 Å². The standard InChI is InChI=1S/C24H33N5/c1-2-7-15-29(14-6-1)23-21-11-8-12-22(21)26-24(27-23)25-20-13-16-28(18-20)17-19-9-4-3-5-10-19/h3-5,9-10,20H,1-2,6-8,11-18H2,(H,25,26,27)/t20-/m1/s1. The lowest BCUT2D eigenvalue weighted by Crippen LogP contribution is -2.29. The number of likely N-dealkylation sites (tertiary alicyclic amines) is 1. The number of rotatable bonds is 5. The van der Waals surface area contributed by atoms with E-state index in [9.17, 15) is 0 Å². The third-order valence-electron chi connectivity index (χ3n) is 6.67. The topological polar surface area (TPSA) is 44.3 Å². The van der Waals surface area contributed by atoms with E-state index in [0.29, 0.717) is 6.04 Å². The summed E-state index contributed by atoms with van der Waals surface area (Å²) < 4.78 is 0. The number of anilines is 2. The molecule has 0 spiro atoms. The van der Waals surface area contributed by atoms with Crippen LogP contribution in [0.25, 0.3) is 0 Å². The molecule has 2 aliphatic heterocycles. The molecule has 0 radical (unpaired) electrons. The van der Waals surface area contributed by atoms with Crippen LogP contribution in [0.3, 0.4) is 0 Å². The van der Waals surface area contributed by atoms with E-state index in [4.69, 9.17) is 9.97 Å². The predicted octanol–water partition coefficient (Wildman–Crippen LogP) is 4.03. The number of aryl methyl sites for hydroxylation is 1. The van der Waals surface area contributed by atoms with Crippen LogP contribution in [0.4, 0.5) is 11.8 Å². The van der Waals surface area contributed by atoms with Gasteiger partial charge < -0.3 is 10.2 Å². The Balaban J connectivity index is 1.28. The number of aromatic nitrogens is 2. The molecule has 1 N–H and O–H groups in total. The fraction of sp³-hybridized carbons (Fsp3) is 0.583. The van der Waals surface area contributed by atoms with Crippen LogP contribution in [0, 0.1) is 0 Å². The molecule has 3 heterocycles. The second-order valence-corrected chi connectivity index (χ2v) is 8.90. The lowest BCUT2D eigenvalue weighted by molar-refractivity contribution is 0.328. The van der Waals surface area contributed by atoms with Crippen LogP contribution in [-0.4, -0.2) is 47.1 Å². The quantitative estimate of drug-likeness (QED) is 0.834. The third-order valence-corrected chi connectivity index (χ3v) is 6.67. The maximum absolute atomic E-state index is 5.07. The number of hydrogen-bond donors (Lipinski definition) is 1. The number of nitrogens with one attached hydrogen (secondary N) is 1. The summed E-state index contributed by atoms with van der Waals surface area (Å²) in [6.07, 6.45) is 9.93. The van der Waals surface area contributed by atoms with Crippen LogP contribution in [0.2, 0.25) is 0 Å². The maximum atomic E-state index is 5.07. The van der Waals surface area contributed by atoms with Crippen molar-refractivity contribution < 1.29 is 0 Å². The van der Waals surface area contributed by atoms with Gasteiger partial charge in [0.1, 0.15) is 5.82 Å². The van der Waals surface area contributed by atoms with Gasteiger partial charge in [-0.1, -0.05) is 43.2 Å². The van der Waals surface area contributed by atoms with Crippen LogP contribution >= 0.6 is 0 Å². The highest BCUT2D eigenvalue weighted by Gasteiger charge is 2.26. The SMILES string of the molecule is c1ccc(CN2CC[C@@H](Nc3nc4c(c(N5CCCCCC5)n3)CCC4)C2)cc1. The van der Waals surface area contributed by atoms with Gasteiger partial charge in [-0.25, -0.2) is 4.98 Å². The molecule has 5 rings (SSSR count). The molecule has 0 unspecified atom stereocenters. The first-order valence-electron chi connectivity index (χ1n) is 11.5. The molecular formula is C24H33N5. The lowest BCUT2D eigenvalue weighted by atomic mass is 10.2. The highest BCUT2D eigenvalue weighted by Crippen LogP contribution is 2.31. The van der Waals surface area contributed by atoms with Crippen LogP contribution in [0.15, 0.2) is 30.3 Å². The largest absolute Gasteiger partial charge is 0.356 e. The van der Waals surface area contributed by atoms with Crippen molar-refractivity contribution in [1.29, 1.82) is 0 Å². The van der Waals surface area contributed by atoms with Crippen LogP contribution in [0.1, 0.15) is 55.3 Å². The summed E-state index contributed by atoms with van der Waals surface area (Å²) >= 11 is 0. The molecule has 1 aromatic heterocycles. The Hall–Kier alpha value is -2.14. The van der Waals surface area contributed by atoms with Crippen molar-refractivity contribution in [2.24, 2.45) is 0 Å². The highest BCUT2D eigenvalue weighted by molar-refractivity contribution is 5.54. The molecule has 0 amide bonds. The summed E-state index contributed by atoms with van der Waals surface area (Å²) in [5.41, 5.74) is 4.11. The van der Waals surface area contributed by atoms with Crippen molar-refractivity contribution in [2.75, 3.05) is 36.4 Å². The van der Waals surface area contributed by atoms with E-state index in [-0.39, 0.29) is 0 Å². The summed E-state index contributed by atoms with van der Waals surface area (Å²) in [7, 11) is 0. The molecule has 1 atom stereocenters. The van der Waals surface area contributed by atoms with E-state index in [2.05, 4.69) is 45.4 Å². The van der Waals surface area contributed by atoms with Gasteiger partial charge in [-0.15, -0.1) is 0 Å². The van der Waals surface area contributed by atoms with Gasteiger partial charge in [-0.3, -0.25) is 4.90 Å². The summed E-state index contributed by atoms with van der Waals surface area (Å²) in [6, 6.07) is 11.2. The first kappa shape index (κ1) is 18.9. The predicted molar refractivity (Wildman–Crippen MR) is 118 cm³/mol. The van der Waals surface area contributed by atoms with Crippen LogP contribution in [-0.2, 0) is 19.4 Å². The Bertz CT molecular complexity index is 814. The Morgan fingerprint density at radius 3 is 2.55 bits per heavy atom. The van der Waals surface area contributed by atoms with Crippen molar-refractivity contribution >= 4 is 11.8 Å². The molecule has 5 nitrogen and oxygen atoms in total. The monoisotopic (exact) mass is 391 g/mol. The highest BCUT2D eigenvalue weighted by atomic mass is 15.3. The molecule has 0 bridgehead atoms. The Kier molecular flexibility index (Phi) is 5.66. The van der Waals surface area contributed by atoms with E-state index in [0.717, 1.165) is 57.9 Å². The first-order chi connectivity index (χ1) is 14.3. The normalized spacial score (nSPS) is 22.5. The number of nitrogens with zero attached hydrogens (tertiary/aromatic N) is 4.